The first-order valence-corrected chi connectivity index (χ1v) is 8.15. The van der Waals surface area contributed by atoms with E-state index in [-0.39, 0.29) is 0 Å². The molecule has 0 heterocycles. The Morgan fingerprint density at radius 2 is 1.90 bits per heavy atom. The highest BCUT2D eigenvalue weighted by Gasteiger charge is 1.97. The summed E-state index contributed by atoms with van der Waals surface area (Å²) in [6, 6.07) is 18.5. The lowest BCUT2D eigenvalue weighted by Gasteiger charge is -2.07. The molecule has 0 aromatic heterocycles. The third-order valence-corrected chi connectivity index (χ3v) is 4.05. The smallest absolute Gasteiger partial charge is 0.119 e. The van der Waals surface area contributed by atoms with Crippen molar-refractivity contribution in [3.8, 4) is 11.8 Å². The molecule has 0 aliphatic carbocycles. The van der Waals surface area contributed by atoms with E-state index in [2.05, 4.69) is 37.3 Å². The summed E-state index contributed by atoms with van der Waals surface area (Å²) in [5, 5.41) is 8.62. The molecule has 0 amide bonds. The number of ether oxygens (including phenoxy) is 1. The quantitative estimate of drug-likeness (QED) is 0.711. The summed E-state index contributed by atoms with van der Waals surface area (Å²) < 4.78 is 5.70. The molecule has 0 aliphatic heterocycles. The maximum atomic E-state index is 8.62. The molecule has 0 N–H and O–H groups in total. The van der Waals surface area contributed by atoms with Gasteiger partial charge in [0.25, 0.3) is 0 Å². The molecule has 0 unspecified atom stereocenters. The van der Waals surface area contributed by atoms with Gasteiger partial charge in [-0.15, -0.1) is 0 Å². The molecule has 0 saturated heterocycles. The number of thioether (sulfide) groups is 1. The fourth-order valence-electron chi connectivity index (χ4n) is 2.01. The lowest BCUT2D eigenvalue weighted by atomic mass is 10.2. The van der Waals surface area contributed by atoms with Gasteiger partial charge < -0.3 is 4.74 Å². The summed E-state index contributed by atoms with van der Waals surface area (Å²) >= 11 is 1.88. The number of hydrogen-bond acceptors (Lipinski definition) is 3. The van der Waals surface area contributed by atoms with E-state index >= 15 is 0 Å². The molecular formula is C18H19NOS. The summed E-state index contributed by atoms with van der Waals surface area (Å²) in [5.41, 5.74) is 3.70. The van der Waals surface area contributed by atoms with Crippen LogP contribution in [0.1, 0.15) is 16.7 Å². The first-order chi connectivity index (χ1) is 10.3. The summed E-state index contributed by atoms with van der Waals surface area (Å²) in [7, 11) is 0. The van der Waals surface area contributed by atoms with Crippen LogP contribution < -0.4 is 4.74 Å². The molecule has 0 aliphatic rings. The van der Waals surface area contributed by atoms with Gasteiger partial charge in [0.15, 0.2) is 0 Å². The second kappa shape index (κ2) is 8.39. The zero-order chi connectivity index (χ0) is 14.9. The van der Waals surface area contributed by atoms with Crippen molar-refractivity contribution < 1.29 is 4.74 Å². The predicted molar refractivity (Wildman–Crippen MR) is 88.6 cm³/mol. The third kappa shape index (κ3) is 5.53. The standard InChI is InChI=1S/C18H19NOS/c1-15-3-2-4-17(13-15)14-21-12-11-20-18-7-5-16(6-8-18)9-10-19/h2-8,13H,9,11-12,14H2,1H3. The summed E-state index contributed by atoms with van der Waals surface area (Å²) in [4.78, 5) is 0. The Morgan fingerprint density at radius 3 is 2.62 bits per heavy atom. The Balaban J connectivity index is 1.66. The second-order valence-corrected chi connectivity index (χ2v) is 5.97. The fourth-order valence-corrected chi connectivity index (χ4v) is 2.77. The van der Waals surface area contributed by atoms with E-state index in [1.165, 1.54) is 11.1 Å². The van der Waals surface area contributed by atoms with Crippen molar-refractivity contribution in [3.05, 3.63) is 65.2 Å². The average molecular weight is 297 g/mol. The van der Waals surface area contributed by atoms with E-state index in [0.29, 0.717) is 13.0 Å². The molecule has 0 bridgehead atoms. The van der Waals surface area contributed by atoms with Crippen molar-refractivity contribution in [1.82, 2.24) is 0 Å². The molecule has 0 saturated carbocycles. The predicted octanol–water partition coefficient (Wildman–Crippen LogP) is 4.37. The summed E-state index contributed by atoms with van der Waals surface area (Å²) in [6.07, 6.45) is 0.451. The minimum Gasteiger partial charge on any atom is -0.493 e. The lowest BCUT2D eigenvalue weighted by Crippen LogP contribution is -2.00. The molecule has 0 radical (unpaired) electrons. The normalized spacial score (nSPS) is 10.1. The molecule has 2 nitrogen and oxygen atoms in total. The molecule has 3 heteroatoms. The number of nitriles is 1. The Labute approximate surface area is 130 Å². The zero-order valence-corrected chi connectivity index (χ0v) is 13.0. The van der Waals surface area contributed by atoms with Crippen LogP contribution in [-0.4, -0.2) is 12.4 Å². The summed E-state index contributed by atoms with van der Waals surface area (Å²) in [5.74, 6) is 2.85. The van der Waals surface area contributed by atoms with Gasteiger partial charge in [-0.25, -0.2) is 0 Å². The average Bonchev–Trinajstić information content (AvgIpc) is 2.49. The number of rotatable bonds is 7. The van der Waals surface area contributed by atoms with Gasteiger partial charge in [0.2, 0.25) is 0 Å². The van der Waals surface area contributed by atoms with Gasteiger partial charge in [-0.2, -0.15) is 17.0 Å². The number of nitrogens with zero attached hydrogens (tertiary/aromatic N) is 1. The van der Waals surface area contributed by atoms with Gasteiger partial charge in [-0.1, -0.05) is 42.0 Å². The van der Waals surface area contributed by atoms with Crippen molar-refractivity contribution in [2.75, 3.05) is 12.4 Å². The Kier molecular flexibility index (Phi) is 6.18. The van der Waals surface area contributed by atoms with E-state index in [9.17, 15) is 0 Å². The van der Waals surface area contributed by atoms with Crippen molar-refractivity contribution in [2.45, 2.75) is 19.1 Å². The van der Waals surface area contributed by atoms with Crippen molar-refractivity contribution in [1.29, 1.82) is 5.26 Å². The van der Waals surface area contributed by atoms with E-state index in [0.717, 1.165) is 22.8 Å². The molecule has 2 rings (SSSR count). The van der Waals surface area contributed by atoms with Gasteiger partial charge in [-0.05, 0) is 30.2 Å². The lowest BCUT2D eigenvalue weighted by molar-refractivity contribution is 0.344. The van der Waals surface area contributed by atoms with Gasteiger partial charge >= 0.3 is 0 Å². The highest BCUT2D eigenvalue weighted by molar-refractivity contribution is 7.98. The maximum absolute atomic E-state index is 8.62. The summed E-state index contributed by atoms with van der Waals surface area (Å²) in [6.45, 7) is 2.82. The van der Waals surface area contributed by atoms with E-state index in [4.69, 9.17) is 10.00 Å². The van der Waals surface area contributed by atoms with Crippen molar-refractivity contribution >= 4 is 11.8 Å². The maximum Gasteiger partial charge on any atom is 0.119 e. The van der Waals surface area contributed by atoms with E-state index < -0.39 is 0 Å². The fraction of sp³-hybridized carbons (Fsp3) is 0.278. The second-order valence-electron chi connectivity index (χ2n) is 4.87. The van der Waals surface area contributed by atoms with E-state index in [1.54, 1.807) is 0 Å². The molecule has 0 spiro atoms. The van der Waals surface area contributed by atoms with Crippen LogP contribution in [0.2, 0.25) is 0 Å². The van der Waals surface area contributed by atoms with Gasteiger partial charge in [0, 0.05) is 11.5 Å². The molecule has 2 aromatic rings. The van der Waals surface area contributed by atoms with Gasteiger partial charge in [0.05, 0.1) is 19.1 Å². The Bertz CT molecular complexity index is 601. The topological polar surface area (TPSA) is 33.0 Å². The third-order valence-electron chi connectivity index (χ3n) is 3.05. The minimum atomic E-state index is 0.451. The molecule has 108 valence electrons. The van der Waals surface area contributed by atoms with Crippen LogP contribution in [0.15, 0.2) is 48.5 Å². The van der Waals surface area contributed by atoms with Crippen molar-refractivity contribution in [3.63, 3.8) is 0 Å². The van der Waals surface area contributed by atoms with Crippen LogP contribution in [0.25, 0.3) is 0 Å². The highest BCUT2D eigenvalue weighted by Crippen LogP contribution is 2.15. The zero-order valence-electron chi connectivity index (χ0n) is 12.2. The van der Waals surface area contributed by atoms with Crippen LogP contribution >= 0.6 is 11.8 Å². The van der Waals surface area contributed by atoms with Crippen LogP contribution in [0.5, 0.6) is 5.75 Å². The number of aryl methyl sites for hydroxylation is 1. The largest absolute Gasteiger partial charge is 0.493 e. The molecule has 0 fully saturated rings. The molecule has 2 aromatic carbocycles. The van der Waals surface area contributed by atoms with Gasteiger partial charge in [-0.3, -0.25) is 0 Å². The first kappa shape index (κ1) is 15.5. The molecular weight excluding hydrogens is 278 g/mol. The Hall–Kier alpha value is -1.92. The van der Waals surface area contributed by atoms with E-state index in [1.807, 2.05) is 36.0 Å². The molecule has 0 atom stereocenters. The first-order valence-electron chi connectivity index (χ1n) is 7.00. The SMILES string of the molecule is Cc1cccc(CSCCOc2ccc(CC#N)cc2)c1. The van der Waals surface area contributed by atoms with Crippen LogP contribution in [-0.2, 0) is 12.2 Å². The Morgan fingerprint density at radius 1 is 1.10 bits per heavy atom. The van der Waals surface area contributed by atoms with Crippen LogP contribution in [0.4, 0.5) is 0 Å². The van der Waals surface area contributed by atoms with Gasteiger partial charge in [0.1, 0.15) is 5.75 Å². The van der Waals surface area contributed by atoms with Crippen LogP contribution in [0.3, 0.4) is 0 Å². The monoisotopic (exact) mass is 297 g/mol. The molecule has 21 heavy (non-hydrogen) atoms. The van der Waals surface area contributed by atoms with Crippen molar-refractivity contribution in [2.24, 2.45) is 0 Å². The number of hydrogen-bond donors (Lipinski definition) is 0. The number of benzene rings is 2. The van der Waals surface area contributed by atoms with Crippen LogP contribution in [0, 0.1) is 18.3 Å². The minimum absolute atomic E-state index is 0.451. The highest BCUT2D eigenvalue weighted by atomic mass is 32.2.